The van der Waals surface area contributed by atoms with Crippen molar-refractivity contribution in [1.82, 2.24) is 15.3 Å². The summed E-state index contributed by atoms with van der Waals surface area (Å²) in [6.07, 6.45) is 4.97. The Labute approximate surface area is 100 Å². The van der Waals surface area contributed by atoms with Gasteiger partial charge in [-0.15, -0.1) is 12.6 Å². The molecule has 1 aromatic heterocycles. The Morgan fingerprint density at radius 2 is 2.38 bits per heavy atom. The second-order valence-electron chi connectivity index (χ2n) is 3.85. The summed E-state index contributed by atoms with van der Waals surface area (Å²) in [5.74, 6) is 0.569. The lowest BCUT2D eigenvalue weighted by molar-refractivity contribution is 0.0938. The lowest BCUT2D eigenvalue weighted by Crippen LogP contribution is -2.50. The van der Waals surface area contributed by atoms with Gasteiger partial charge in [0.15, 0.2) is 5.82 Å². The van der Waals surface area contributed by atoms with Crippen molar-refractivity contribution in [1.29, 1.82) is 0 Å². The van der Waals surface area contributed by atoms with Crippen molar-refractivity contribution in [3.05, 3.63) is 12.0 Å². The van der Waals surface area contributed by atoms with E-state index in [0.717, 1.165) is 13.0 Å². The topological polar surface area (TPSA) is 61.0 Å². The molecule has 1 aliphatic heterocycles. The molecule has 2 rings (SSSR count). The summed E-state index contributed by atoms with van der Waals surface area (Å²) in [5, 5.41) is 2.78. The minimum Gasteiger partial charge on any atom is -0.339 e. The van der Waals surface area contributed by atoms with Crippen LogP contribution in [0.25, 0.3) is 0 Å². The second kappa shape index (κ2) is 4.78. The maximum absolute atomic E-state index is 11.6. The first kappa shape index (κ1) is 11.3. The van der Waals surface area contributed by atoms with Crippen LogP contribution in [0.4, 0.5) is 5.82 Å². The van der Waals surface area contributed by atoms with E-state index >= 15 is 0 Å². The summed E-state index contributed by atoms with van der Waals surface area (Å²) >= 11 is 4.36. The Morgan fingerprint density at radius 1 is 1.56 bits per heavy atom. The van der Waals surface area contributed by atoms with Crippen LogP contribution < -0.4 is 10.2 Å². The van der Waals surface area contributed by atoms with Gasteiger partial charge in [-0.25, -0.2) is 4.98 Å². The van der Waals surface area contributed by atoms with Crippen LogP contribution in [0, 0.1) is 0 Å². The van der Waals surface area contributed by atoms with E-state index in [9.17, 15) is 4.79 Å². The van der Waals surface area contributed by atoms with Crippen LogP contribution in [0.1, 0.15) is 36.7 Å². The average Bonchev–Trinajstić information content (AvgIpc) is 2.72. The molecule has 0 saturated heterocycles. The molecule has 1 atom stereocenters. The van der Waals surface area contributed by atoms with Crippen molar-refractivity contribution < 1.29 is 4.79 Å². The maximum atomic E-state index is 11.6. The van der Waals surface area contributed by atoms with Crippen LogP contribution in [0.3, 0.4) is 0 Å². The van der Waals surface area contributed by atoms with Gasteiger partial charge in [0.05, 0.1) is 6.33 Å². The normalized spacial score (nSPS) is 19.5. The van der Waals surface area contributed by atoms with Gasteiger partial charge < -0.3 is 15.2 Å². The molecule has 16 heavy (non-hydrogen) atoms. The van der Waals surface area contributed by atoms with Gasteiger partial charge in [-0.1, -0.05) is 19.8 Å². The van der Waals surface area contributed by atoms with Crippen molar-refractivity contribution in [2.24, 2.45) is 0 Å². The molecule has 2 heterocycles. The van der Waals surface area contributed by atoms with E-state index in [4.69, 9.17) is 0 Å². The average molecular weight is 240 g/mol. The summed E-state index contributed by atoms with van der Waals surface area (Å²) in [6, 6.07) is 0. The zero-order valence-electron chi connectivity index (χ0n) is 9.23. The first-order valence-corrected chi connectivity index (χ1v) is 6.04. The Kier molecular flexibility index (Phi) is 3.38. The number of anilines is 1. The number of hydrogen-bond acceptors (Lipinski definition) is 4. The third-order valence-electron chi connectivity index (χ3n) is 2.68. The summed E-state index contributed by atoms with van der Waals surface area (Å²) < 4.78 is 0. The van der Waals surface area contributed by atoms with Crippen molar-refractivity contribution in [2.75, 3.05) is 11.4 Å². The number of amides is 1. The largest absolute Gasteiger partial charge is 0.339 e. The van der Waals surface area contributed by atoms with E-state index in [1.165, 1.54) is 12.8 Å². The van der Waals surface area contributed by atoms with Gasteiger partial charge in [-0.05, 0) is 6.42 Å². The highest BCUT2D eigenvalue weighted by molar-refractivity contribution is 7.81. The molecule has 1 aliphatic rings. The number of aromatic amines is 1. The molecule has 0 radical (unpaired) electrons. The Balaban J connectivity index is 2.13. The SMILES string of the molecule is CCCCCN1c2nc[nH]c2C(=O)NC1S. The third kappa shape index (κ3) is 2.02. The van der Waals surface area contributed by atoms with Crippen LogP contribution in [0.15, 0.2) is 6.33 Å². The molecular formula is C10H16N4OS. The van der Waals surface area contributed by atoms with Crippen molar-refractivity contribution in [3.8, 4) is 0 Å². The fraction of sp³-hybridized carbons (Fsp3) is 0.600. The van der Waals surface area contributed by atoms with Gasteiger partial charge in [-0.2, -0.15) is 0 Å². The zero-order valence-corrected chi connectivity index (χ0v) is 10.1. The number of H-pyrrole nitrogens is 1. The quantitative estimate of drug-likeness (QED) is 0.550. The number of fused-ring (bicyclic) bond motifs is 1. The molecule has 0 spiro atoms. The predicted molar refractivity (Wildman–Crippen MR) is 65.7 cm³/mol. The third-order valence-corrected chi connectivity index (χ3v) is 3.08. The second-order valence-corrected chi connectivity index (χ2v) is 4.34. The monoisotopic (exact) mass is 240 g/mol. The number of carbonyl (C=O) groups excluding carboxylic acids is 1. The van der Waals surface area contributed by atoms with Gasteiger partial charge in [-0.3, -0.25) is 4.79 Å². The van der Waals surface area contributed by atoms with Gasteiger partial charge in [0, 0.05) is 6.54 Å². The minimum atomic E-state index is -0.278. The Bertz CT molecular complexity index is 379. The number of imidazole rings is 1. The number of carbonyl (C=O) groups is 1. The molecular weight excluding hydrogens is 224 g/mol. The number of unbranched alkanes of at least 4 members (excludes halogenated alkanes) is 2. The first-order valence-electron chi connectivity index (χ1n) is 5.53. The lowest BCUT2D eigenvalue weighted by Gasteiger charge is -2.33. The van der Waals surface area contributed by atoms with Gasteiger partial charge in [0.1, 0.15) is 11.2 Å². The highest BCUT2D eigenvalue weighted by Crippen LogP contribution is 2.24. The molecule has 0 aliphatic carbocycles. The highest BCUT2D eigenvalue weighted by atomic mass is 32.1. The molecule has 88 valence electrons. The summed E-state index contributed by atoms with van der Waals surface area (Å²) in [7, 11) is 0. The van der Waals surface area contributed by atoms with E-state index in [2.05, 4.69) is 34.8 Å². The molecule has 0 bridgehead atoms. The summed E-state index contributed by atoms with van der Waals surface area (Å²) in [4.78, 5) is 20.6. The molecule has 1 amide bonds. The molecule has 1 unspecified atom stereocenters. The Hall–Kier alpha value is -1.17. The van der Waals surface area contributed by atoms with E-state index in [1.54, 1.807) is 6.33 Å². The van der Waals surface area contributed by atoms with Gasteiger partial charge in [0.25, 0.3) is 5.91 Å². The highest BCUT2D eigenvalue weighted by Gasteiger charge is 2.30. The first-order chi connectivity index (χ1) is 7.74. The number of rotatable bonds is 4. The molecule has 0 saturated carbocycles. The molecule has 5 nitrogen and oxygen atoms in total. The number of thiol groups is 1. The zero-order chi connectivity index (χ0) is 11.5. The number of nitrogens with one attached hydrogen (secondary N) is 2. The minimum absolute atomic E-state index is 0.140. The van der Waals surface area contributed by atoms with Crippen LogP contribution in [-0.4, -0.2) is 27.9 Å². The molecule has 6 heteroatoms. The van der Waals surface area contributed by atoms with E-state index in [1.807, 2.05) is 4.90 Å². The van der Waals surface area contributed by atoms with Crippen molar-refractivity contribution >= 4 is 24.4 Å². The summed E-state index contributed by atoms with van der Waals surface area (Å²) in [5.41, 5.74) is 0.252. The fourth-order valence-electron chi connectivity index (χ4n) is 1.82. The van der Waals surface area contributed by atoms with Crippen LogP contribution >= 0.6 is 12.6 Å². The van der Waals surface area contributed by atoms with Gasteiger partial charge in [0.2, 0.25) is 0 Å². The summed E-state index contributed by atoms with van der Waals surface area (Å²) in [6.45, 7) is 3.02. The molecule has 0 fully saturated rings. The van der Waals surface area contributed by atoms with Crippen molar-refractivity contribution in [2.45, 2.75) is 31.7 Å². The van der Waals surface area contributed by atoms with Crippen LogP contribution in [-0.2, 0) is 0 Å². The predicted octanol–water partition coefficient (Wildman–Crippen LogP) is 1.36. The van der Waals surface area contributed by atoms with Gasteiger partial charge >= 0.3 is 0 Å². The maximum Gasteiger partial charge on any atom is 0.273 e. The standard InChI is InChI=1S/C10H16N4OS/c1-2-3-4-5-14-8-7(11-6-12-8)9(15)13-10(14)16/h6,10,16H,2-5H2,1H3,(H,11,12)(H,13,15). The van der Waals surface area contributed by atoms with E-state index in [-0.39, 0.29) is 11.4 Å². The van der Waals surface area contributed by atoms with E-state index < -0.39 is 0 Å². The van der Waals surface area contributed by atoms with Crippen LogP contribution in [0.5, 0.6) is 0 Å². The number of aromatic nitrogens is 2. The molecule has 1 aromatic rings. The number of hydrogen-bond donors (Lipinski definition) is 3. The Morgan fingerprint density at radius 3 is 3.12 bits per heavy atom. The van der Waals surface area contributed by atoms with Crippen molar-refractivity contribution in [3.63, 3.8) is 0 Å². The number of nitrogens with zero attached hydrogens (tertiary/aromatic N) is 2. The molecule has 0 aromatic carbocycles. The smallest absolute Gasteiger partial charge is 0.273 e. The van der Waals surface area contributed by atoms with Crippen LogP contribution in [0.2, 0.25) is 0 Å². The molecule has 2 N–H and O–H groups in total. The fourth-order valence-corrected chi connectivity index (χ4v) is 2.16. The lowest BCUT2D eigenvalue weighted by atomic mass is 10.2. The van der Waals surface area contributed by atoms with E-state index in [0.29, 0.717) is 11.5 Å².